The summed E-state index contributed by atoms with van der Waals surface area (Å²) in [6, 6.07) is 0. The van der Waals surface area contributed by atoms with Gasteiger partial charge in [-0.2, -0.15) is 0 Å². The van der Waals surface area contributed by atoms with Crippen LogP contribution in [0.5, 0.6) is 0 Å². The number of aliphatic imine (C=N–C) groups is 1. The van der Waals surface area contributed by atoms with Crippen LogP contribution in [0.2, 0.25) is 0 Å². The summed E-state index contributed by atoms with van der Waals surface area (Å²) in [6.07, 6.45) is 5.22. The van der Waals surface area contributed by atoms with Gasteiger partial charge < -0.3 is 15.5 Å². The monoisotopic (exact) mass is 280 g/mol. The Bertz CT molecular complexity index is 369. The van der Waals surface area contributed by atoms with E-state index in [0.29, 0.717) is 11.3 Å². The zero-order valence-electron chi connectivity index (χ0n) is 13.9. The third-order valence-electron chi connectivity index (χ3n) is 5.15. The van der Waals surface area contributed by atoms with Crippen molar-refractivity contribution in [1.82, 2.24) is 9.80 Å². The fourth-order valence-electron chi connectivity index (χ4n) is 4.23. The lowest BCUT2D eigenvalue weighted by atomic mass is 9.61. The predicted molar refractivity (Wildman–Crippen MR) is 85.9 cm³/mol. The summed E-state index contributed by atoms with van der Waals surface area (Å²) in [6.45, 7) is 10.1. The molecule has 2 N–H and O–H groups in total. The predicted octanol–water partition coefficient (Wildman–Crippen LogP) is 2.15. The average Bonchev–Trinajstić information content (AvgIpc) is 2.63. The first-order valence-electron chi connectivity index (χ1n) is 8.00. The topological polar surface area (TPSA) is 44.9 Å². The van der Waals surface area contributed by atoms with E-state index < -0.39 is 0 Å². The molecule has 2 unspecified atom stereocenters. The van der Waals surface area contributed by atoms with Gasteiger partial charge in [-0.05, 0) is 38.3 Å². The Morgan fingerprint density at radius 2 is 2.05 bits per heavy atom. The largest absolute Gasteiger partial charge is 0.370 e. The third kappa shape index (κ3) is 2.80. The van der Waals surface area contributed by atoms with E-state index in [0.717, 1.165) is 25.6 Å². The molecule has 1 spiro atoms. The molecule has 2 aliphatic rings. The summed E-state index contributed by atoms with van der Waals surface area (Å²) in [5.41, 5.74) is 6.73. The molecule has 1 aliphatic heterocycles. The number of nitrogens with two attached hydrogens (primary N) is 1. The van der Waals surface area contributed by atoms with E-state index in [1.165, 1.54) is 25.7 Å². The minimum atomic E-state index is 0.177. The number of hydrogen-bond acceptors (Lipinski definition) is 4. The Hall–Kier alpha value is -0.770. The molecule has 0 radical (unpaired) electrons. The van der Waals surface area contributed by atoms with Crippen LogP contribution in [0.25, 0.3) is 0 Å². The number of rotatable bonds is 3. The van der Waals surface area contributed by atoms with Crippen molar-refractivity contribution in [3.05, 3.63) is 0 Å². The molecule has 4 nitrogen and oxygen atoms in total. The molecule has 1 heterocycles. The van der Waals surface area contributed by atoms with E-state index in [4.69, 9.17) is 5.73 Å². The molecule has 2 atom stereocenters. The zero-order valence-corrected chi connectivity index (χ0v) is 13.9. The van der Waals surface area contributed by atoms with Crippen LogP contribution < -0.4 is 5.73 Å². The van der Waals surface area contributed by atoms with Crippen molar-refractivity contribution in [2.45, 2.75) is 52.0 Å². The Kier molecular flexibility index (Phi) is 4.33. The standard InChI is InChI=1S/C16H32N4/c1-15(2,3)13-8-6-7-9-16(13)12-18-14(17)20(16)11-10-19(4)5/h13H,6-12H2,1-5H3,(H2,17,18). The first kappa shape index (κ1) is 15.6. The highest BCUT2D eigenvalue weighted by Crippen LogP contribution is 2.49. The summed E-state index contributed by atoms with van der Waals surface area (Å²) in [5.74, 6) is 1.44. The van der Waals surface area contributed by atoms with E-state index in [2.05, 4.69) is 49.7 Å². The maximum absolute atomic E-state index is 6.23. The van der Waals surface area contributed by atoms with Crippen LogP contribution >= 0.6 is 0 Å². The highest BCUT2D eigenvalue weighted by atomic mass is 15.4. The normalized spacial score (nSPS) is 31.2. The second-order valence-electron chi connectivity index (χ2n) is 7.90. The van der Waals surface area contributed by atoms with E-state index in [-0.39, 0.29) is 5.54 Å². The van der Waals surface area contributed by atoms with Crippen molar-refractivity contribution < 1.29 is 0 Å². The minimum absolute atomic E-state index is 0.177. The maximum atomic E-state index is 6.23. The van der Waals surface area contributed by atoms with Gasteiger partial charge in [0.25, 0.3) is 0 Å². The van der Waals surface area contributed by atoms with Crippen LogP contribution in [0.3, 0.4) is 0 Å². The van der Waals surface area contributed by atoms with Crippen LogP contribution in [0.1, 0.15) is 46.5 Å². The van der Waals surface area contributed by atoms with Gasteiger partial charge in [0, 0.05) is 13.1 Å². The van der Waals surface area contributed by atoms with Gasteiger partial charge in [-0.25, -0.2) is 0 Å². The molecule has 4 heteroatoms. The van der Waals surface area contributed by atoms with Gasteiger partial charge in [-0.3, -0.25) is 4.99 Å². The maximum Gasteiger partial charge on any atom is 0.191 e. The van der Waals surface area contributed by atoms with Crippen molar-refractivity contribution in [3.8, 4) is 0 Å². The molecule has 116 valence electrons. The molecule has 20 heavy (non-hydrogen) atoms. The summed E-state index contributed by atoms with van der Waals surface area (Å²) >= 11 is 0. The molecule has 0 saturated heterocycles. The molecular formula is C16H32N4. The van der Waals surface area contributed by atoms with E-state index >= 15 is 0 Å². The lowest BCUT2D eigenvalue weighted by Crippen LogP contribution is -2.61. The summed E-state index contributed by atoms with van der Waals surface area (Å²) in [7, 11) is 4.25. The lowest BCUT2D eigenvalue weighted by Gasteiger charge is -2.53. The van der Waals surface area contributed by atoms with Crippen LogP contribution in [-0.4, -0.2) is 55.0 Å². The number of hydrogen-bond donors (Lipinski definition) is 1. The Balaban J connectivity index is 2.25. The molecular weight excluding hydrogens is 248 g/mol. The summed E-state index contributed by atoms with van der Waals surface area (Å²) in [5, 5.41) is 0. The van der Waals surface area contributed by atoms with Gasteiger partial charge in [-0.1, -0.05) is 33.6 Å². The van der Waals surface area contributed by atoms with Crippen molar-refractivity contribution in [1.29, 1.82) is 0 Å². The molecule has 0 aromatic heterocycles. The second-order valence-corrected chi connectivity index (χ2v) is 7.90. The molecule has 0 aromatic rings. The van der Waals surface area contributed by atoms with E-state index in [1.54, 1.807) is 0 Å². The van der Waals surface area contributed by atoms with Gasteiger partial charge in [0.1, 0.15) is 0 Å². The van der Waals surface area contributed by atoms with E-state index in [1.807, 2.05) is 0 Å². The quantitative estimate of drug-likeness (QED) is 0.861. The lowest BCUT2D eigenvalue weighted by molar-refractivity contribution is 0.00448. The molecule has 1 fully saturated rings. The molecule has 1 saturated carbocycles. The van der Waals surface area contributed by atoms with E-state index in [9.17, 15) is 0 Å². The van der Waals surface area contributed by atoms with Crippen LogP contribution in [0, 0.1) is 11.3 Å². The Morgan fingerprint density at radius 3 is 2.65 bits per heavy atom. The Morgan fingerprint density at radius 1 is 1.35 bits per heavy atom. The fourth-order valence-corrected chi connectivity index (χ4v) is 4.23. The molecule has 0 bridgehead atoms. The zero-order chi connectivity index (χ0) is 15.0. The van der Waals surface area contributed by atoms with Gasteiger partial charge in [0.2, 0.25) is 0 Å². The van der Waals surface area contributed by atoms with Gasteiger partial charge in [0.05, 0.1) is 12.1 Å². The fraction of sp³-hybridized carbons (Fsp3) is 0.938. The molecule has 0 amide bonds. The van der Waals surface area contributed by atoms with Gasteiger partial charge >= 0.3 is 0 Å². The van der Waals surface area contributed by atoms with Crippen molar-refractivity contribution in [2.24, 2.45) is 22.1 Å². The average molecular weight is 280 g/mol. The SMILES string of the molecule is CN(C)CCN1C(N)=NCC12CCCCC2C(C)(C)C. The van der Waals surface area contributed by atoms with Crippen LogP contribution in [0.15, 0.2) is 4.99 Å². The smallest absolute Gasteiger partial charge is 0.191 e. The first-order chi connectivity index (χ1) is 9.27. The van der Waals surface area contributed by atoms with Crippen LogP contribution in [0.4, 0.5) is 0 Å². The van der Waals surface area contributed by atoms with Crippen molar-refractivity contribution in [2.75, 3.05) is 33.7 Å². The van der Waals surface area contributed by atoms with Crippen molar-refractivity contribution >= 4 is 5.96 Å². The second kappa shape index (κ2) is 5.55. The first-order valence-corrected chi connectivity index (χ1v) is 8.00. The number of guanidine groups is 1. The summed E-state index contributed by atoms with van der Waals surface area (Å²) < 4.78 is 0. The molecule has 0 aromatic carbocycles. The highest BCUT2D eigenvalue weighted by Gasteiger charge is 2.52. The molecule has 1 aliphatic carbocycles. The van der Waals surface area contributed by atoms with Crippen molar-refractivity contribution in [3.63, 3.8) is 0 Å². The van der Waals surface area contributed by atoms with Gasteiger partial charge in [-0.15, -0.1) is 0 Å². The summed E-state index contributed by atoms with van der Waals surface area (Å²) in [4.78, 5) is 9.30. The highest BCUT2D eigenvalue weighted by molar-refractivity contribution is 5.81. The third-order valence-corrected chi connectivity index (χ3v) is 5.15. The van der Waals surface area contributed by atoms with Gasteiger partial charge in [0.15, 0.2) is 5.96 Å². The minimum Gasteiger partial charge on any atom is -0.370 e. The number of nitrogens with zero attached hydrogens (tertiary/aromatic N) is 3. The van der Waals surface area contributed by atoms with Crippen LogP contribution in [-0.2, 0) is 0 Å². The molecule has 2 rings (SSSR count). The number of likely N-dealkylation sites (N-methyl/N-ethyl adjacent to an activating group) is 1. The Labute approximate surface area is 124 Å².